The highest BCUT2D eigenvalue weighted by molar-refractivity contribution is 6.48. The Balaban J connectivity index is 4.00. The zero-order valence-electron chi connectivity index (χ0n) is 4.14. The van der Waals surface area contributed by atoms with Crippen molar-refractivity contribution in [3.63, 3.8) is 0 Å². The molecule has 0 rings (SSSR count). The Labute approximate surface area is 67.0 Å². The Morgan fingerprint density at radius 3 is 2.11 bits per heavy atom. The van der Waals surface area contributed by atoms with E-state index in [0.717, 1.165) is 6.08 Å². The van der Waals surface area contributed by atoms with Crippen LogP contribution >= 0.6 is 34.8 Å². The lowest BCUT2D eigenvalue weighted by molar-refractivity contribution is -0.131. The molecular formula is C4H3Cl3O2. The van der Waals surface area contributed by atoms with Gasteiger partial charge < -0.3 is 5.11 Å². The van der Waals surface area contributed by atoms with Gasteiger partial charge in [-0.05, 0) is 6.08 Å². The van der Waals surface area contributed by atoms with E-state index >= 15 is 0 Å². The fraction of sp³-hybridized carbons (Fsp3) is 0.250. The molecule has 0 bridgehead atoms. The number of halogens is 3. The summed E-state index contributed by atoms with van der Waals surface area (Å²) in [4.78, 5) is 9.05. The average molecular weight is 189 g/mol. The van der Waals surface area contributed by atoms with Crippen LogP contribution in [0.5, 0.6) is 0 Å². The van der Waals surface area contributed by atoms with Gasteiger partial charge in [0.1, 0.15) is 9.87 Å². The van der Waals surface area contributed by atoms with Crippen molar-refractivity contribution in [1.82, 2.24) is 0 Å². The van der Waals surface area contributed by atoms with Gasteiger partial charge in [0.2, 0.25) is 0 Å². The molecule has 0 aliphatic rings. The lowest BCUT2D eigenvalue weighted by Gasteiger charge is -1.89. The highest BCUT2D eigenvalue weighted by Crippen LogP contribution is 2.09. The van der Waals surface area contributed by atoms with Crippen molar-refractivity contribution < 1.29 is 9.90 Å². The van der Waals surface area contributed by atoms with Crippen molar-refractivity contribution in [3.05, 3.63) is 11.1 Å². The van der Waals surface area contributed by atoms with Gasteiger partial charge in [0.25, 0.3) is 0 Å². The molecule has 0 atom stereocenters. The predicted molar refractivity (Wildman–Crippen MR) is 37.1 cm³/mol. The van der Waals surface area contributed by atoms with Gasteiger partial charge in [-0.3, -0.25) is 0 Å². The molecule has 0 spiro atoms. The summed E-state index contributed by atoms with van der Waals surface area (Å²) in [6.07, 6.45) is 1.02. The van der Waals surface area contributed by atoms with Gasteiger partial charge in [-0.25, -0.2) is 4.79 Å². The first-order chi connectivity index (χ1) is 4.04. The van der Waals surface area contributed by atoms with Gasteiger partial charge in [-0.2, -0.15) is 0 Å². The number of aliphatic carboxylic acids is 1. The molecule has 0 amide bonds. The highest BCUT2D eigenvalue weighted by atomic mass is 35.5. The van der Waals surface area contributed by atoms with E-state index in [4.69, 9.17) is 39.9 Å². The Kier molecular flexibility index (Phi) is 4.02. The zero-order valence-corrected chi connectivity index (χ0v) is 6.41. The molecule has 0 aromatic heterocycles. The summed E-state index contributed by atoms with van der Waals surface area (Å²) in [5.41, 5.74) is 0. The second kappa shape index (κ2) is 3.99. The number of allylic oxidation sites excluding steroid dienone is 1. The van der Waals surface area contributed by atoms with Crippen molar-refractivity contribution >= 4 is 40.8 Å². The average Bonchev–Trinajstić information content (AvgIpc) is 1.63. The van der Waals surface area contributed by atoms with Crippen LogP contribution in [0.25, 0.3) is 0 Å². The summed E-state index contributed by atoms with van der Waals surface area (Å²) in [7, 11) is 0. The van der Waals surface area contributed by atoms with Gasteiger partial charge in [-0.15, -0.1) is 23.2 Å². The summed E-state index contributed by atoms with van der Waals surface area (Å²) in [6.45, 7) is 0. The van der Waals surface area contributed by atoms with Crippen molar-refractivity contribution in [2.45, 2.75) is 4.84 Å². The maximum Gasteiger partial charge on any atom is 0.347 e. The largest absolute Gasteiger partial charge is 0.477 e. The molecule has 0 aliphatic heterocycles. The number of carboxylic acid groups (broad SMARTS) is 1. The van der Waals surface area contributed by atoms with Crippen LogP contribution in [0.3, 0.4) is 0 Å². The van der Waals surface area contributed by atoms with Crippen LogP contribution in [0.1, 0.15) is 0 Å². The van der Waals surface area contributed by atoms with Crippen LogP contribution in [0.4, 0.5) is 0 Å². The minimum absolute atomic E-state index is 0.370. The highest BCUT2D eigenvalue weighted by Gasteiger charge is 2.03. The molecule has 0 saturated carbocycles. The fourth-order valence-corrected chi connectivity index (χ4v) is 0.689. The van der Waals surface area contributed by atoms with Crippen molar-refractivity contribution in [2.75, 3.05) is 0 Å². The summed E-state index contributed by atoms with van der Waals surface area (Å²) in [6, 6.07) is 0. The smallest absolute Gasteiger partial charge is 0.347 e. The molecule has 0 saturated heterocycles. The number of alkyl halides is 2. The van der Waals surface area contributed by atoms with E-state index in [2.05, 4.69) is 0 Å². The van der Waals surface area contributed by atoms with E-state index in [1.165, 1.54) is 0 Å². The normalized spacial score (nSPS) is 12.2. The number of carbonyl (C=O) groups is 1. The van der Waals surface area contributed by atoms with Gasteiger partial charge in [0.15, 0.2) is 0 Å². The number of rotatable bonds is 2. The minimum atomic E-state index is -1.23. The van der Waals surface area contributed by atoms with Gasteiger partial charge in [0.05, 0.1) is 0 Å². The maximum atomic E-state index is 9.92. The molecular weight excluding hydrogens is 186 g/mol. The Morgan fingerprint density at radius 1 is 1.56 bits per heavy atom. The standard InChI is InChI=1S/C4H3Cl3O2/c5-2(4(8)9)1-3(6)7/h1,3H,(H,8,9). The maximum absolute atomic E-state index is 9.92. The minimum Gasteiger partial charge on any atom is -0.477 e. The van der Waals surface area contributed by atoms with Crippen LogP contribution in [-0.4, -0.2) is 15.9 Å². The van der Waals surface area contributed by atoms with Gasteiger partial charge in [0, 0.05) is 0 Å². The van der Waals surface area contributed by atoms with Crippen LogP contribution in [0.15, 0.2) is 11.1 Å². The quantitative estimate of drug-likeness (QED) is 0.533. The molecule has 0 aromatic rings. The Morgan fingerprint density at radius 2 is 2.00 bits per heavy atom. The molecule has 0 radical (unpaired) electrons. The monoisotopic (exact) mass is 188 g/mol. The second-order valence-corrected chi connectivity index (χ2v) is 2.73. The zero-order chi connectivity index (χ0) is 7.44. The number of hydrogen-bond acceptors (Lipinski definition) is 1. The van der Waals surface area contributed by atoms with Gasteiger partial charge >= 0.3 is 5.97 Å². The summed E-state index contributed by atoms with van der Waals surface area (Å²) in [5.74, 6) is -1.23. The van der Waals surface area contributed by atoms with E-state index in [9.17, 15) is 4.79 Å². The van der Waals surface area contributed by atoms with Crippen molar-refractivity contribution in [3.8, 4) is 0 Å². The lowest BCUT2D eigenvalue weighted by atomic mass is 10.5. The summed E-state index contributed by atoms with van der Waals surface area (Å²) in [5, 5.41) is 7.74. The molecule has 0 fully saturated rings. The summed E-state index contributed by atoms with van der Waals surface area (Å²) >= 11 is 15.4. The predicted octanol–water partition coefficient (Wildman–Crippen LogP) is 2.00. The third-order valence-corrected chi connectivity index (χ3v) is 1.02. The Bertz CT molecular complexity index is 141. The van der Waals surface area contributed by atoms with E-state index in [1.807, 2.05) is 0 Å². The van der Waals surface area contributed by atoms with Crippen LogP contribution in [0, 0.1) is 0 Å². The molecule has 0 heterocycles. The molecule has 0 unspecified atom stereocenters. The third kappa shape index (κ3) is 4.58. The number of carboxylic acids is 1. The first-order valence-electron chi connectivity index (χ1n) is 1.93. The van der Waals surface area contributed by atoms with E-state index in [1.54, 1.807) is 0 Å². The Hall–Kier alpha value is 0.0800. The van der Waals surface area contributed by atoms with E-state index < -0.39 is 10.8 Å². The fourth-order valence-electron chi connectivity index (χ4n) is 0.182. The van der Waals surface area contributed by atoms with Crippen LogP contribution < -0.4 is 0 Å². The topological polar surface area (TPSA) is 37.3 Å². The first kappa shape index (κ1) is 9.08. The van der Waals surface area contributed by atoms with Crippen LogP contribution in [0.2, 0.25) is 0 Å². The first-order valence-corrected chi connectivity index (χ1v) is 3.18. The molecule has 9 heavy (non-hydrogen) atoms. The SMILES string of the molecule is O=C(O)C(Cl)=CC(Cl)Cl. The van der Waals surface area contributed by atoms with Gasteiger partial charge in [-0.1, -0.05) is 11.6 Å². The summed E-state index contributed by atoms with van der Waals surface area (Å²) < 4.78 is 0. The van der Waals surface area contributed by atoms with E-state index in [-0.39, 0.29) is 5.03 Å². The van der Waals surface area contributed by atoms with E-state index in [0.29, 0.717) is 0 Å². The number of hydrogen-bond donors (Lipinski definition) is 1. The second-order valence-electron chi connectivity index (χ2n) is 1.15. The van der Waals surface area contributed by atoms with Crippen molar-refractivity contribution in [2.24, 2.45) is 0 Å². The van der Waals surface area contributed by atoms with Crippen LogP contribution in [-0.2, 0) is 4.79 Å². The third-order valence-electron chi connectivity index (χ3n) is 0.477. The lowest BCUT2D eigenvalue weighted by Crippen LogP contribution is -1.95. The molecule has 1 N–H and O–H groups in total. The van der Waals surface area contributed by atoms with Crippen molar-refractivity contribution in [1.29, 1.82) is 0 Å². The molecule has 5 heteroatoms. The molecule has 52 valence electrons. The molecule has 2 nitrogen and oxygen atoms in total. The molecule has 0 aromatic carbocycles. The molecule has 0 aliphatic carbocycles.